The van der Waals surface area contributed by atoms with E-state index in [1.165, 1.54) is 24.4 Å². The monoisotopic (exact) mass is 301 g/mol. The molecule has 0 aliphatic carbocycles. The Bertz CT molecular complexity index is 839. The van der Waals surface area contributed by atoms with Crippen LogP contribution in [-0.2, 0) is 0 Å². The van der Waals surface area contributed by atoms with Crippen LogP contribution < -0.4 is 0 Å². The van der Waals surface area contributed by atoms with Crippen LogP contribution in [0.15, 0.2) is 54.6 Å². The van der Waals surface area contributed by atoms with Gasteiger partial charge in [0.15, 0.2) is 0 Å². The van der Waals surface area contributed by atoms with E-state index in [2.05, 4.69) is 54.6 Å². The van der Waals surface area contributed by atoms with Crippen molar-refractivity contribution in [2.45, 2.75) is 0 Å². The third kappa shape index (κ3) is 1.45. The van der Waals surface area contributed by atoms with Crippen molar-refractivity contribution in [3.8, 4) is 0 Å². The van der Waals surface area contributed by atoms with E-state index in [1.807, 2.05) is 11.3 Å². The van der Waals surface area contributed by atoms with Gasteiger partial charge in [-0.3, -0.25) is 0 Å². The Morgan fingerprint density at radius 3 is 2.65 bits per heavy atom. The van der Waals surface area contributed by atoms with Crippen molar-refractivity contribution < 1.29 is 0 Å². The Kier molecular flexibility index (Phi) is 2.10. The van der Waals surface area contributed by atoms with Gasteiger partial charge in [0.25, 0.3) is 0 Å². The van der Waals surface area contributed by atoms with E-state index in [0.29, 0.717) is 14.5 Å². The number of hydrogen-bond acceptors (Lipinski definition) is 1. The second-order valence-electron chi connectivity index (χ2n) is 4.08. The molecule has 0 spiro atoms. The maximum atomic E-state index is 2.35. The SMILES string of the molecule is c1ccc2[se+]c3c(cc2c1)sc1ccccc13. The van der Waals surface area contributed by atoms with Gasteiger partial charge in [0.2, 0.25) is 0 Å². The van der Waals surface area contributed by atoms with Crippen LogP contribution in [0.1, 0.15) is 0 Å². The van der Waals surface area contributed by atoms with Crippen molar-refractivity contribution in [2.24, 2.45) is 0 Å². The summed E-state index contributed by atoms with van der Waals surface area (Å²) in [4.78, 5) is 0. The molecule has 80 valence electrons. The van der Waals surface area contributed by atoms with Gasteiger partial charge in [0.05, 0.1) is 0 Å². The average molecular weight is 300 g/mol. The third-order valence-corrected chi connectivity index (χ3v) is 6.99. The maximum absolute atomic E-state index is 2.35. The summed E-state index contributed by atoms with van der Waals surface area (Å²) in [6, 6.07) is 19.9. The predicted molar refractivity (Wildman–Crippen MR) is 78.2 cm³/mol. The number of hydrogen-bond donors (Lipinski definition) is 0. The van der Waals surface area contributed by atoms with Crippen molar-refractivity contribution in [3.63, 3.8) is 0 Å². The molecule has 0 bridgehead atoms. The van der Waals surface area contributed by atoms with Gasteiger partial charge in [-0.2, -0.15) is 0 Å². The van der Waals surface area contributed by atoms with Crippen molar-refractivity contribution in [1.29, 1.82) is 0 Å². The van der Waals surface area contributed by atoms with Gasteiger partial charge in [-0.05, 0) is 0 Å². The van der Waals surface area contributed by atoms with E-state index < -0.39 is 0 Å². The fraction of sp³-hybridized carbons (Fsp3) is 0. The molecular weight excluding hydrogens is 291 g/mol. The molecule has 0 N–H and O–H groups in total. The predicted octanol–water partition coefficient (Wildman–Crippen LogP) is 4.55. The second-order valence-corrected chi connectivity index (χ2v) is 7.37. The normalized spacial score (nSPS) is 11.5. The summed E-state index contributed by atoms with van der Waals surface area (Å²) < 4.78 is 5.96. The van der Waals surface area contributed by atoms with Crippen LogP contribution >= 0.6 is 11.3 Å². The quantitative estimate of drug-likeness (QED) is 0.418. The summed E-state index contributed by atoms with van der Waals surface area (Å²) in [5, 5.41) is 2.87. The van der Waals surface area contributed by atoms with Gasteiger partial charge in [-0.15, -0.1) is 0 Å². The summed E-state index contributed by atoms with van der Waals surface area (Å²) in [5.74, 6) is 0. The molecule has 2 aromatic heterocycles. The van der Waals surface area contributed by atoms with Crippen molar-refractivity contribution in [2.75, 3.05) is 0 Å². The Morgan fingerprint density at radius 1 is 0.824 bits per heavy atom. The molecule has 4 aromatic rings. The van der Waals surface area contributed by atoms with E-state index >= 15 is 0 Å². The Balaban J connectivity index is 2.28. The number of rotatable bonds is 0. The van der Waals surface area contributed by atoms with Gasteiger partial charge in [-0.1, -0.05) is 0 Å². The Morgan fingerprint density at radius 2 is 1.65 bits per heavy atom. The van der Waals surface area contributed by atoms with Gasteiger partial charge in [0, 0.05) is 0 Å². The zero-order valence-corrected chi connectivity index (χ0v) is 11.5. The fourth-order valence-electron chi connectivity index (χ4n) is 2.18. The van der Waals surface area contributed by atoms with Crippen LogP contribution in [0.5, 0.6) is 0 Å². The van der Waals surface area contributed by atoms with E-state index in [1.54, 1.807) is 4.26 Å². The molecule has 2 aromatic carbocycles. The molecule has 0 radical (unpaired) electrons. The molecule has 0 aliphatic rings. The Hall–Kier alpha value is -1.21. The third-order valence-electron chi connectivity index (χ3n) is 2.99. The first-order valence-electron chi connectivity index (χ1n) is 5.55. The first-order valence-corrected chi connectivity index (χ1v) is 8.08. The second kappa shape index (κ2) is 3.64. The van der Waals surface area contributed by atoms with Crippen LogP contribution in [-0.4, -0.2) is 14.5 Å². The zero-order valence-electron chi connectivity index (χ0n) is 9.01. The van der Waals surface area contributed by atoms with Crippen molar-refractivity contribution >= 4 is 54.5 Å². The molecule has 0 amide bonds. The fourth-order valence-corrected chi connectivity index (χ4v) is 6.08. The van der Waals surface area contributed by atoms with Gasteiger partial charge < -0.3 is 0 Å². The van der Waals surface area contributed by atoms with E-state index in [4.69, 9.17) is 0 Å². The van der Waals surface area contributed by atoms with Crippen LogP contribution in [0.25, 0.3) is 28.7 Å². The van der Waals surface area contributed by atoms with Crippen LogP contribution in [0, 0.1) is 0 Å². The molecule has 2 heterocycles. The summed E-state index contributed by atoms with van der Waals surface area (Å²) >= 11 is 2.38. The minimum atomic E-state index is 0.459. The van der Waals surface area contributed by atoms with Crippen molar-refractivity contribution in [1.82, 2.24) is 0 Å². The molecule has 17 heavy (non-hydrogen) atoms. The summed E-state index contributed by atoms with van der Waals surface area (Å²) in [7, 11) is 0. The summed E-state index contributed by atoms with van der Waals surface area (Å²) in [6.45, 7) is 0. The first-order chi connectivity index (χ1) is 8.42. The topological polar surface area (TPSA) is 0 Å². The standard InChI is InChI=1S/C15H9SSe/c1-4-8-14-10(5-1)9-13-15(17-14)11-6-2-3-7-12(11)16-13/h1-9H/q+1. The summed E-state index contributed by atoms with van der Waals surface area (Å²) in [5.41, 5.74) is 0. The van der Waals surface area contributed by atoms with Crippen LogP contribution in [0.2, 0.25) is 0 Å². The molecule has 0 saturated heterocycles. The van der Waals surface area contributed by atoms with Crippen LogP contribution in [0.4, 0.5) is 0 Å². The summed E-state index contributed by atoms with van der Waals surface area (Å²) in [6.07, 6.45) is 0. The molecule has 0 saturated carbocycles. The van der Waals surface area contributed by atoms with Crippen LogP contribution in [0.3, 0.4) is 0 Å². The van der Waals surface area contributed by atoms with E-state index in [0.717, 1.165) is 0 Å². The van der Waals surface area contributed by atoms with E-state index in [9.17, 15) is 0 Å². The molecule has 0 aliphatic heterocycles. The molecular formula is C15H9SSe+. The molecule has 0 unspecified atom stereocenters. The van der Waals surface area contributed by atoms with Gasteiger partial charge >= 0.3 is 109 Å². The number of benzene rings is 2. The van der Waals surface area contributed by atoms with E-state index in [-0.39, 0.29) is 0 Å². The zero-order chi connectivity index (χ0) is 11.2. The number of thiophene rings is 1. The molecule has 4 rings (SSSR count). The molecule has 2 heteroatoms. The van der Waals surface area contributed by atoms with Crippen molar-refractivity contribution in [3.05, 3.63) is 54.6 Å². The first kappa shape index (κ1) is 9.78. The molecule has 0 fully saturated rings. The van der Waals surface area contributed by atoms with Gasteiger partial charge in [0.1, 0.15) is 0 Å². The Labute approximate surface area is 109 Å². The van der Waals surface area contributed by atoms with Gasteiger partial charge in [-0.25, -0.2) is 0 Å². The average Bonchev–Trinajstić information content (AvgIpc) is 2.73. The number of fused-ring (bicyclic) bond motifs is 4. The molecule has 0 atom stereocenters. The minimum absolute atomic E-state index is 0.459. The molecule has 0 nitrogen and oxygen atoms in total.